The van der Waals surface area contributed by atoms with Gasteiger partial charge < -0.3 is 5.32 Å². The zero-order valence-corrected chi connectivity index (χ0v) is 11.0. The normalized spacial score (nSPS) is 10.4. The third-order valence-corrected chi connectivity index (χ3v) is 2.80. The van der Waals surface area contributed by atoms with E-state index in [-0.39, 0.29) is 11.9 Å². The molecular weight excluding hydrogens is 248 g/mol. The molecule has 0 fully saturated rings. The summed E-state index contributed by atoms with van der Waals surface area (Å²) in [6.45, 7) is 4.05. The fourth-order valence-electron chi connectivity index (χ4n) is 1.51. The molecule has 94 valence electrons. The maximum absolute atomic E-state index is 12.1. The molecule has 0 aliphatic heterocycles. The lowest BCUT2D eigenvalue weighted by Gasteiger charge is -2.13. The summed E-state index contributed by atoms with van der Waals surface area (Å²) in [5.74, 6) is -0.185. The van der Waals surface area contributed by atoms with E-state index in [1.165, 1.54) is 11.3 Å². The maximum Gasteiger partial charge on any atom is 0.259 e. The molecule has 0 radical (unpaired) electrons. The average molecular weight is 262 g/mol. The van der Waals surface area contributed by atoms with Crippen LogP contribution in [0.3, 0.4) is 0 Å². The van der Waals surface area contributed by atoms with Crippen molar-refractivity contribution in [3.63, 3.8) is 0 Å². The van der Waals surface area contributed by atoms with Crippen LogP contribution < -0.4 is 10.6 Å². The number of carbonyl (C=O) groups is 1. The van der Waals surface area contributed by atoms with Crippen LogP contribution in [0.5, 0.6) is 0 Å². The van der Waals surface area contributed by atoms with Crippen LogP contribution in [0.25, 0.3) is 0 Å². The molecule has 1 aromatic heterocycles. The van der Waals surface area contributed by atoms with Crippen LogP contribution in [0.15, 0.2) is 29.8 Å². The zero-order chi connectivity index (χ0) is 13.0. The van der Waals surface area contributed by atoms with Gasteiger partial charge in [0.25, 0.3) is 5.91 Å². The smallest absolute Gasteiger partial charge is 0.259 e. The van der Waals surface area contributed by atoms with Gasteiger partial charge in [-0.15, -0.1) is 10.2 Å². The van der Waals surface area contributed by atoms with Crippen molar-refractivity contribution >= 4 is 28.1 Å². The highest BCUT2D eigenvalue weighted by Crippen LogP contribution is 2.18. The number of rotatable bonds is 4. The average Bonchev–Trinajstić information content (AvgIpc) is 2.81. The Bertz CT molecular complexity index is 525. The van der Waals surface area contributed by atoms with E-state index in [0.717, 1.165) is 5.69 Å². The van der Waals surface area contributed by atoms with Crippen LogP contribution in [0.4, 0.5) is 10.8 Å². The minimum atomic E-state index is -0.185. The SMILES string of the molecule is CC(C)Nc1ccccc1C(=O)Nc1nncs1. The summed E-state index contributed by atoms with van der Waals surface area (Å²) in [5.41, 5.74) is 2.99. The standard InChI is InChI=1S/C12H14N4OS/c1-8(2)14-10-6-4-3-5-9(10)11(17)15-12-16-13-7-18-12/h3-8,14H,1-2H3,(H,15,16,17). The van der Waals surface area contributed by atoms with Gasteiger partial charge in [-0.2, -0.15) is 0 Å². The van der Waals surface area contributed by atoms with Crippen molar-refractivity contribution in [2.75, 3.05) is 10.6 Å². The summed E-state index contributed by atoms with van der Waals surface area (Å²) in [6, 6.07) is 7.66. The van der Waals surface area contributed by atoms with Gasteiger partial charge >= 0.3 is 0 Å². The Labute approximate surface area is 109 Å². The van der Waals surface area contributed by atoms with Crippen molar-refractivity contribution in [2.45, 2.75) is 19.9 Å². The molecule has 1 heterocycles. The van der Waals surface area contributed by atoms with Gasteiger partial charge in [0.15, 0.2) is 0 Å². The predicted molar refractivity (Wildman–Crippen MR) is 73.1 cm³/mol. The Kier molecular flexibility index (Phi) is 3.88. The highest BCUT2D eigenvalue weighted by molar-refractivity contribution is 7.13. The van der Waals surface area contributed by atoms with E-state index >= 15 is 0 Å². The third kappa shape index (κ3) is 3.04. The molecule has 0 saturated heterocycles. The van der Waals surface area contributed by atoms with Crippen LogP contribution in [-0.2, 0) is 0 Å². The van der Waals surface area contributed by atoms with E-state index in [1.807, 2.05) is 32.0 Å². The molecule has 5 nitrogen and oxygen atoms in total. The molecule has 2 aromatic rings. The summed E-state index contributed by atoms with van der Waals surface area (Å²) in [5, 5.41) is 13.9. The number of para-hydroxylation sites is 1. The Balaban J connectivity index is 2.19. The summed E-state index contributed by atoms with van der Waals surface area (Å²) in [6.07, 6.45) is 0. The fourth-order valence-corrected chi connectivity index (χ4v) is 1.95. The van der Waals surface area contributed by atoms with Gasteiger partial charge in [0.05, 0.1) is 5.56 Å². The van der Waals surface area contributed by atoms with Crippen LogP contribution >= 0.6 is 11.3 Å². The van der Waals surface area contributed by atoms with E-state index in [2.05, 4.69) is 20.8 Å². The minimum Gasteiger partial charge on any atom is -0.382 e. The molecular formula is C12H14N4OS. The summed E-state index contributed by atoms with van der Waals surface area (Å²) >= 11 is 1.29. The number of hydrogen-bond donors (Lipinski definition) is 2. The van der Waals surface area contributed by atoms with Crippen molar-refractivity contribution in [3.05, 3.63) is 35.3 Å². The second kappa shape index (κ2) is 5.59. The molecule has 0 unspecified atom stereocenters. The van der Waals surface area contributed by atoms with Gasteiger partial charge in [0.2, 0.25) is 5.13 Å². The number of nitrogens with zero attached hydrogens (tertiary/aromatic N) is 2. The molecule has 6 heteroatoms. The first-order valence-electron chi connectivity index (χ1n) is 5.60. The molecule has 0 aliphatic rings. The molecule has 1 aromatic carbocycles. The highest BCUT2D eigenvalue weighted by atomic mass is 32.1. The Hall–Kier alpha value is -1.95. The molecule has 2 N–H and O–H groups in total. The highest BCUT2D eigenvalue weighted by Gasteiger charge is 2.12. The first-order chi connectivity index (χ1) is 8.66. The zero-order valence-electron chi connectivity index (χ0n) is 10.2. The molecule has 1 amide bonds. The lowest BCUT2D eigenvalue weighted by Crippen LogP contribution is -2.17. The quantitative estimate of drug-likeness (QED) is 0.888. The fraction of sp³-hybridized carbons (Fsp3) is 0.250. The summed E-state index contributed by atoms with van der Waals surface area (Å²) in [4.78, 5) is 12.1. The van der Waals surface area contributed by atoms with E-state index in [1.54, 1.807) is 11.6 Å². The Morgan fingerprint density at radius 1 is 1.33 bits per heavy atom. The number of hydrogen-bond acceptors (Lipinski definition) is 5. The second-order valence-electron chi connectivity index (χ2n) is 4.04. The number of nitrogens with one attached hydrogen (secondary N) is 2. The van der Waals surface area contributed by atoms with Crippen molar-refractivity contribution in [1.82, 2.24) is 10.2 Å². The number of aromatic nitrogens is 2. The van der Waals surface area contributed by atoms with Gasteiger partial charge in [-0.25, -0.2) is 0 Å². The predicted octanol–water partition coefficient (Wildman–Crippen LogP) is 2.61. The summed E-state index contributed by atoms with van der Waals surface area (Å²) in [7, 11) is 0. The lowest BCUT2D eigenvalue weighted by atomic mass is 10.1. The van der Waals surface area contributed by atoms with Crippen molar-refractivity contribution in [1.29, 1.82) is 0 Å². The monoisotopic (exact) mass is 262 g/mol. The van der Waals surface area contributed by atoms with Crippen molar-refractivity contribution in [3.8, 4) is 0 Å². The molecule has 2 rings (SSSR count). The van der Waals surface area contributed by atoms with E-state index in [0.29, 0.717) is 10.7 Å². The minimum absolute atomic E-state index is 0.185. The number of amides is 1. The van der Waals surface area contributed by atoms with Crippen LogP contribution in [0, 0.1) is 0 Å². The molecule has 0 saturated carbocycles. The molecule has 18 heavy (non-hydrogen) atoms. The third-order valence-electron chi connectivity index (χ3n) is 2.20. The molecule has 0 aliphatic carbocycles. The van der Waals surface area contributed by atoms with Crippen LogP contribution in [0.1, 0.15) is 24.2 Å². The number of carbonyl (C=O) groups excluding carboxylic acids is 1. The van der Waals surface area contributed by atoms with Crippen LogP contribution in [-0.4, -0.2) is 22.1 Å². The van der Waals surface area contributed by atoms with Gasteiger partial charge in [0.1, 0.15) is 5.51 Å². The first-order valence-corrected chi connectivity index (χ1v) is 6.48. The number of anilines is 2. The largest absolute Gasteiger partial charge is 0.382 e. The first kappa shape index (κ1) is 12.5. The van der Waals surface area contributed by atoms with Gasteiger partial charge in [-0.05, 0) is 26.0 Å². The van der Waals surface area contributed by atoms with Crippen molar-refractivity contribution < 1.29 is 4.79 Å². The molecule has 0 bridgehead atoms. The topological polar surface area (TPSA) is 66.9 Å². The maximum atomic E-state index is 12.1. The van der Waals surface area contributed by atoms with E-state index < -0.39 is 0 Å². The van der Waals surface area contributed by atoms with Gasteiger partial charge in [-0.1, -0.05) is 23.5 Å². The molecule has 0 atom stereocenters. The van der Waals surface area contributed by atoms with Gasteiger partial charge in [0, 0.05) is 11.7 Å². The summed E-state index contributed by atoms with van der Waals surface area (Å²) < 4.78 is 0. The second-order valence-corrected chi connectivity index (χ2v) is 4.88. The molecule has 0 spiro atoms. The Morgan fingerprint density at radius 3 is 2.78 bits per heavy atom. The van der Waals surface area contributed by atoms with E-state index in [4.69, 9.17) is 0 Å². The van der Waals surface area contributed by atoms with E-state index in [9.17, 15) is 4.79 Å². The van der Waals surface area contributed by atoms with Gasteiger partial charge in [-0.3, -0.25) is 10.1 Å². The number of benzene rings is 1. The van der Waals surface area contributed by atoms with Crippen LogP contribution in [0.2, 0.25) is 0 Å². The Morgan fingerprint density at radius 2 is 2.11 bits per heavy atom. The van der Waals surface area contributed by atoms with Crippen molar-refractivity contribution in [2.24, 2.45) is 0 Å². The lowest BCUT2D eigenvalue weighted by molar-refractivity contribution is 0.102.